The van der Waals surface area contributed by atoms with Gasteiger partial charge in [-0.1, -0.05) is 39.8 Å². The lowest BCUT2D eigenvalue weighted by Gasteiger charge is -2.21. The average molecular weight is 249 g/mol. The lowest BCUT2D eigenvalue weighted by molar-refractivity contribution is 0.192. The summed E-state index contributed by atoms with van der Waals surface area (Å²) in [6.45, 7) is 12.7. The molecule has 2 heteroatoms. The van der Waals surface area contributed by atoms with Gasteiger partial charge in [-0.05, 0) is 43.0 Å². The molecule has 1 aromatic carbocycles. The van der Waals surface area contributed by atoms with Gasteiger partial charge in [0.05, 0.1) is 0 Å². The zero-order valence-corrected chi connectivity index (χ0v) is 12.4. The van der Waals surface area contributed by atoms with Gasteiger partial charge in [0, 0.05) is 6.54 Å². The number of nitrogens with one attached hydrogen (secondary N) is 1. The minimum absolute atomic E-state index is 0.254. The van der Waals surface area contributed by atoms with Crippen LogP contribution in [0, 0.1) is 6.92 Å². The molecular weight excluding hydrogens is 222 g/mol. The van der Waals surface area contributed by atoms with Crippen molar-refractivity contribution in [3.63, 3.8) is 0 Å². The molecule has 102 valence electrons. The highest BCUT2D eigenvalue weighted by Gasteiger charge is 2.13. The van der Waals surface area contributed by atoms with E-state index in [2.05, 4.69) is 58.1 Å². The SMILES string of the molecule is CCNCC(CC)Oc1cc(C)ccc1C(C)C. The van der Waals surface area contributed by atoms with Crippen molar-refractivity contribution in [3.8, 4) is 5.75 Å². The topological polar surface area (TPSA) is 21.3 Å². The standard InChI is InChI=1S/C16H27NO/c1-6-14(11-17-7-2)18-16-10-13(5)8-9-15(16)12(3)4/h8-10,12,14,17H,6-7,11H2,1-5H3. The Balaban J connectivity index is 2.83. The maximum Gasteiger partial charge on any atom is 0.123 e. The number of benzene rings is 1. The van der Waals surface area contributed by atoms with Crippen molar-refractivity contribution in [2.45, 2.75) is 53.1 Å². The highest BCUT2D eigenvalue weighted by Crippen LogP contribution is 2.28. The third-order valence-electron chi connectivity index (χ3n) is 3.16. The highest BCUT2D eigenvalue weighted by atomic mass is 16.5. The van der Waals surface area contributed by atoms with Crippen molar-refractivity contribution in [2.75, 3.05) is 13.1 Å². The van der Waals surface area contributed by atoms with Crippen molar-refractivity contribution < 1.29 is 4.74 Å². The van der Waals surface area contributed by atoms with Gasteiger partial charge in [-0.25, -0.2) is 0 Å². The molecule has 0 aromatic heterocycles. The Hall–Kier alpha value is -1.02. The van der Waals surface area contributed by atoms with E-state index in [4.69, 9.17) is 4.74 Å². The summed E-state index contributed by atoms with van der Waals surface area (Å²) in [6, 6.07) is 6.51. The predicted molar refractivity (Wildman–Crippen MR) is 78.5 cm³/mol. The quantitative estimate of drug-likeness (QED) is 0.791. The van der Waals surface area contributed by atoms with Gasteiger partial charge in [0.15, 0.2) is 0 Å². The maximum absolute atomic E-state index is 6.18. The van der Waals surface area contributed by atoms with E-state index in [1.54, 1.807) is 0 Å². The first-order valence-electron chi connectivity index (χ1n) is 7.06. The van der Waals surface area contributed by atoms with Gasteiger partial charge in [-0.2, -0.15) is 0 Å². The summed E-state index contributed by atoms with van der Waals surface area (Å²) < 4.78 is 6.18. The molecule has 0 spiro atoms. The maximum atomic E-state index is 6.18. The molecule has 2 nitrogen and oxygen atoms in total. The van der Waals surface area contributed by atoms with E-state index in [0.29, 0.717) is 5.92 Å². The zero-order chi connectivity index (χ0) is 13.5. The summed E-state index contributed by atoms with van der Waals surface area (Å²) in [4.78, 5) is 0. The molecule has 0 bridgehead atoms. The Bertz CT molecular complexity index is 360. The van der Waals surface area contributed by atoms with Gasteiger partial charge in [-0.3, -0.25) is 0 Å². The third-order valence-corrected chi connectivity index (χ3v) is 3.16. The summed E-state index contributed by atoms with van der Waals surface area (Å²) in [6.07, 6.45) is 1.28. The summed E-state index contributed by atoms with van der Waals surface area (Å²) in [7, 11) is 0. The minimum atomic E-state index is 0.254. The van der Waals surface area contributed by atoms with E-state index in [1.807, 2.05) is 0 Å². The second kappa shape index (κ2) is 7.42. The molecule has 0 radical (unpaired) electrons. The first-order chi connectivity index (χ1) is 8.58. The molecule has 0 fully saturated rings. The number of hydrogen-bond acceptors (Lipinski definition) is 2. The van der Waals surface area contributed by atoms with Gasteiger partial charge in [-0.15, -0.1) is 0 Å². The molecule has 0 amide bonds. The molecule has 1 unspecified atom stereocenters. The molecule has 0 saturated carbocycles. The fourth-order valence-corrected chi connectivity index (χ4v) is 1.97. The lowest BCUT2D eigenvalue weighted by Crippen LogP contribution is -2.31. The van der Waals surface area contributed by atoms with Gasteiger partial charge < -0.3 is 10.1 Å². The Morgan fingerprint density at radius 3 is 2.50 bits per heavy atom. The number of ether oxygens (including phenoxy) is 1. The van der Waals surface area contributed by atoms with E-state index in [1.165, 1.54) is 11.1 Å². The van der Waals surface area contributed by atoms with Crippen molar-refractivity contribution >= 4 is 0 Å². The van der Waals surface area contributed by atoms with Crippen LogP contribution in [0.1, 0.15) is 51.2 Å². The van der Waals surface area contributed by atoms with E-state index in [9.17, 15) is 0 Å². The molecule has 0 saturated heterocycles. The van der Waals surface area contributed by atoms with Gasteiger partial charge in [0.1, 0.15) is 11.9 Å². The molecule has 0 heterocycles. The largest absolute Gasteiger partial charge is 0.489 e. The fourth-order valence-electron chi connectivity index (χ4n) is 1.97. The molecular formula is C16H27NO. The summed E-state index contributed by atoms with van der Waals surface area (Å²) in [5, 5.41) is 3.36. The molecule has 0 aliphatic heterocycles. The third kappa shape index (κ3) is 4.34. The molecule has 18 heavy (non-hydrogen) atoms. The van der Waals surface area contributed by atoms with Crippen LogP contribution in [-0.4, -0.2) is 19.2 Å². The van der Waals surface area contributed by atoms with Crippen LogP contribution in [0.25, 0.3) is 0 Å². The number of aryl methyl sites for hydroxylation is 1. The Kier molecular flexibility index (Phi) is 6.20. The zero-order valence-electron chi connectivity index (χ0n) is 12.4. The first kappa shape index (κ1) is 15.0. The monoisotopic (exact) mass is 249 g/mol. The van der Waals surface area contributed by atoms with Crippen LogP contribution < -0.4 is 10.1 Å². The van der Waals surface area contributed by atoms with Crippen LogP contribution in [0.4, 0.5) is 0 Å². The molecule has 1 N–H and O–H groups in total. The van der Waals surface area contributed by atoms with Crippen LogP contribution in [0.15, 0.2) is 18.2 Å². The van der Waals surface area contributed by atoms with Crippen LogP contribution in [0.3, 0.4) is 0 Å². The fraction of sp³-hybridized carbons (Fsp3) is 0.625. The summed E-state index contributed by atoms with van der Waals surface area (Å²) in [5.74, 6) is 1.55. The van der Waals surface area contributed by atoms with Gasteiger partial charge >= 0.3 is 0 Å². The van der Waals surface area contributed by atoms with Crippen molar-refractivity contribution in [1.29, 1.82) is 0 Å². The number of hydrogen-bond donors (Lipinski definition) is 1. The smallest absolute Gasteiger partial charge is 0.123 e. The summed E-state index contributed by atoms with van der Waals surface area (Å²) in [5.41, 5.74) is 2.56. The Labute approximate surface area is 112 Å². The van der Waals surface area contributed by atoms with E-state index >= 15 is 0 Å². The predicted octanol–water partition coefficient (Wildman–Crippen LogP) is 3.89. The minimum Gasteiger partial charge on any atom is -0.489 e. The Morgan fingerprint density at radius 2 is 1.94 bits per heavy atom. The second-order valence-electron chi connectivity index (χ2n) is 5.15. The normalized spacial score (nSPS) is 12.8. The van der Waals surface area contributed by atoms with E-state index in [0.717, 1.165) is 25.3 Å². The first-order valence-corrected chi connectivity index (χ1v) is 7.06. The molecule has 0 aliphatic rings. The number of rotatable bonds is 7. The molecule has 0 aliphatic carbocycles. The summed E-state index contributed by atoms with van der Waals surface area (Å²) >= 11 is 0. The molecule has 1 atom stereocenters. The van der Waals surface area contributed by atoms with Gasteiger partial charge in [0.25, 0.3) is 0 Å². The number of likely N-dealkylation sites (N-methyl/N-ethyl adjacent to an activating group) is 1. The van der Waals surface area contributed by atoms with Crippen LogP contribution in [0.5, 0.6) is 5.75 Å². The lowest BCUT2D eigenvalue weighted by atomic mass is 10.0. The van der Waals surface area contributed by atoms with Crippen molar-refractivity contribution in [1.82, 2.24) is 5.32 Å². The van der Waals surface area contributed by atoms with E-state index < -0.39 is 0 Å². The van der Waals surface area contributed by atoms with Crippen molar-refractivity contribution in [3.05, 3.63) is 29.3 Å². The molecule has 1 aromatic rings. The van der Waals surface area contributed by atoms with Crippen LogP contribution in [0.2, 0.25) is 0 Å². The van der Waals surface area contributed by atoms with Crippen LogP contribution in [-0.2, 0) is 0 Å². The van der Waals surface area contributed by atoms with Crippen molar-refractivity contribution in [2.24, 2.45) is 0 Å². The Morgan fingerprint density at radius 1 is 1.22 bits per heavy atom. The second-order valence-corrected chi connectivity index (χ2v) is 5.15. The average Bonchev–Trinajstić information content (AvgIpc) is 2.34. The van der Waals surface area contributed by atoms with Gasteiger partial charge in [0.2, 0.25) is 0 Å². The van der Waals surface area contributed by atoms with Crippen LogP contribution >= 0.6 is 0 Å². The highest BCUT2D eigenvalue weighted by molar-refractivity contribution is 5.39. The van der Waals surface area contributed by atoms with E-state index in [-0.39, 0.29) is 6.10 Å². The molecule has 1 rings (SSSR count).